The summed E-state index contributed by atoms with van der Waals surface area (Å²) in [5.41, 5.74) is 5.68. The van der Waals surface area contributed by atoms with Gasteiger partial charge >= 0.3 is 12.1 Å². The maximum Gasteiger partial charge on any atom is 0.410 e. The van der Waals surface area contributed by atoms with Crippen LogP contribution < -0.4 is 5.73 Å². The Morgan fingerprint density at radius 3 is 2.36 bits per heavy atom. The van der Waals surface area contributed by atoms with Crippen molar-refractivity contribution in [3.8, 4) is 0 Å². The molecule has 1 aromatic carbocycles. The molecule has 2 bridgehead atoms. The number of hydrogen-bond acceptors (Lipinski definition) is 4. The highest BCUT2D eigenvalue weighted by Crippen LogP contribution is 2.40. The van der Waals surface area contributed by atoms with E-state index in [1.165, 1.54) is 0 Å². The second-order valence-electron chi connectivity index (χ2n) is 6.20. The van der Waals surface area contributed by atoms with Gasteiger partial charge in [0.25, 0.3) is 0 Å². The number of nitrogens with two attached hydrogens (primary N) is 1. The van der Waals surface area contributed by atoms with Gasteiger partial charge in [0.1, 0.15) is 12.1 Å². The lowest BCUT2D eigenvalue weighted by molar-refractivity contribution is -0.146. The molecule has 2 atom stereocenters. The summed E-state index contributed by atoms with van der Waals surface area (Å²) < 4.78 is 5.38. The van der Waals surface area contributed by atoms with Crippen molar-refractivity contribution in [2.75, 3.05) is 0 Å². The summed E-state index contributed by atoms with van der Waals surface area (Å²) in [6, 6.07) is 9.21. The van der Waals surface area contributed by atoms with Crippen molar-refractivity contribution < 1.29 is 19.4 Å². The third-order valence-electron chi connectivity index (χ3n) is 4.66. The Morgan fingerprint density at radius 2 is 1.82 bits per heavy atom. The fourth-order valence-corrected chi connectivity index (χ4v) is 3.55. The second-order valence-corrected chi connectivity index (χ2v) is 6.20. The Morgan fingerprint density at radius 1 is 1.23 bits per heavy atom. The number of amides is 1. The van der Waals surface area contributed by atoms with Crippen LogP contribution in [0.5, 0.6) is 0 Å². The lowest BCUT2D eigenvalue weighted by Crippen LogP contribution is -2.60. The van der Waals surface area contributed by atoms with Crippen LogP contribution in [0.1, 0.15) is 31.2 Å². The number of fused-ring (bicyclic) bond motifs is 2. The van der Waals surface area contributed by atoms with E-state index in [1.807, 2.05) is 30.3 Å². The number of rotatable bonds is 3. The number of hydrogen-bond donors (Lipinski definition) is 2. The summed E-state index contributed by atoms with van der Waals surface area (Å²) >= 11 is 0. The van der Waals surface area contributed by atoms with Gasteiger partial charge in [0.05, 0.1) is 0 Å². The molecule has 2 aliphatic heterocycles. The van der Waals surface area contributed by atoms with E-state index < -0.39 is 11.5 Å². The van der Waals surface area contributed by atoms with E-state index in [-0.39, 0.29) is 24.8 Å². The number of aliphatic carboxylic acids is 1. The van der Waals surface area contributed by atoms with Gasteiger partial charge in [-0.3, -0.25) is 4.79 Å². The molecule has 1 aromatic rings. The smallest absolute Gasteiger partial charge is 0.410 e. The number of ether oxygens (including phenoxy) is 1. The topological polar surface area (TPSA) is 92.9 Å². The Labute approximate surface area is 128 Å². The van der Waals surface area contributed by atoms with Crippen molar-refractivity contribution >= 4 is 12.1 Å². The molecule has 2 aliphatic rings. The highest BCUT2D eigenvalue weighted by molar-refractivity contribution is 5.80. The predicted molar refractivity (Wildman–Crippen MR) is 79.1 cm³/mol. The van der Waals surface area contributed by atoms with Crippen LogP contribution >= 0.6 is 0 Å². The van der Waals surface area contributed by atoms with Crippen molar-refractivity contribution in [2.45, 2.75) is 49.9 Å². The van der Waals surface area contributed by atoms with Crippen molar-refractivity contribution in [3.05, 3.63) is 35.9 Å². The van der Waals surface area contributed by atoms with Gasteiger partial charge in [-0.25, -0.2) is 4.79 Å². The highest BCUT2D eigenvalue weighted by atomic mass is 16.6. The third-order valence-corrected chi connectivity index (χ3v) is 4.66. The predicted octanol–water partition coefficient (Wildman–Crippen LogP) is 1.73. The van der Waals surface area contributed by atoms with E-state index in [0.717, 1.165) is 18.4 Å². The molecule has 22 heavy (non-hydrogen) atoms. The fourth-order valence-electron chi connectivity index (χ4n) is 3.55. The summed E-state index contributed by atoms with van der Waals surface area (Å²) in [5, 5.41) is 9.28. The molecule has 0 aromatic heterocycles. The van der Waals surface area contributed by atoms with Gasteiger partial charge in [-0.05, 0) is 31.2 Å². The molecule has 2 heterocycles. The number of carboxylic acid groups (broad SMARTS) is 1. The molecule has 6 nitrogen and oxygen atoms in total. The van der Waals surface area contributed by atoms with Crippen molar-refractivity contribution in [2.24, 2.45) is 5.73 Å². The number of carbonyl (C=O) groups excluding carboxylic acids is 1. The molecule has 1 amide bonds. The summed E-state index contributed by atoms with van der Waals surface area (Å²) in [5.74, 6) is -0.985. The molecule has 0 aliphatic carbocycles. The average Bonchev–Trinajstić information content (AvgIpc) is 2.78. The molecular weight excluding hydrogens is 284 g/mol. The van der Waals surface area contributed by atoms with Crippen LogP contribution in [0.4, 0.5) is 4.79 Å². The molecule has 0 saturated carbocycles. The number of piperidine rings is 1. The first-order valence-electron chi connectivity index (χ1n) is 7.51. The molecule has 0 radical (unpaired) electrons. The van der Waals surface area contributed by atoms with Crippen LogP contribution in [0.25, 0.3) is 0 Å². The first kappa shape index (κ1) is 14.8. The van der Waals surface area contributed by atoms with E-state index >= 15 is 0 Å². The first-order valence-corrected chi connectivity index (χ1v) is 7.51. The van der Waals surface area contributed by atoms with E-state index in [2.05, 4.69) is 0 Å². The maximum atomic E-state index is 12.3. The number of carbonyl (C=O) groups is 2. The summed E-state index contributed by atoms with van der Waals surface area (Å²) in [7, 11) is 0. The molecular formula is C16H20N2O4. The van der Waals surface area contributed by atoms with Crippen molar-refractivity contribution in [1.29, 1.82) is 0 Å². The van der Waals surface area contributed by atoms with Gasteiger partial charge in [-0.2, -0.15) is 0 Å². The highest BCUT2D eigenvalue weighted by Gasteiger charge is 2.52. The summed E-state index contributed by atoms with van der Waals surface area (Å²) in [4.78, 5) is 25.3. The lowest BCUT2D eigenvalue weighted by atomic mass is 9.84. The Balaban J connectivity index is 1.64. The number of benzene rings is 1. The summed E-state index contributed by atoms with van der Waals surface area (Å²) in [6.45, 7) is 0.225. The normalized spacial score (nSPS) is 30.1. The zero-order chi connectivity index (χ0) is 15.7. The van der Waals surface area contributed by atoms with Crippen LogP contribution in [-0.2, 0) is 16.1 Å². The van der Waals surface area contributed by atoms with Crippen LogP contribution in [0, 0.1) is 0 Å². The van der Waals surface area contributed by atoms with Gasteiger partial charge < -0.3 is 20.5 Å². The van der Waals surface area contributed by atoms with Gasteiger partial charge in [-0.1, -0.05) is 30.3 Å². The number of nitrogens with zero attached hydrogens (tertiary/aromatic N) is 1. The Bertz CT molecular complexity index is 561. The summed E-state index contributed by atoms with van der Waals surface area (Å²) in [6.07, 6.45) is 1.79. The zero-order valence-corrected chi connectivity index (χ0v) is 12.3. The number of carboxylic acids is 1. The van der Waals surface area contributed by atoms with E-state index in [0.29, 0.717) is 12.8 Å². The first-order chi connectivity index (χ1) is 10.5. The second kappa shape index (κ2) is 5.61. The zero-order valence-electron chi connectivity index (χ0n) is 12.3. The largest absolute Gasteiger partial charge is 0.480 e. The molecule has 118 valence electrons. The molecule has 2 unspecified atom stereocenters. The third kappa shape index (κ3) is 2.66. The van der Waals surface area contributed by atoms with E-state index in [9.17, 15) is 14.7 Å². The molecule has 0 spiro atoms. The van der Waals surface area contributed by atoms with Crippen LogP contribution in [-0.4, -0.2) is 39.7 Å². The fraction of sp³-hybridized carbons (Fsp3) is 0.500. The minimum atomic E-state index is -1.22. The van der Waals surface area contributed by atoms with Gasteiger partial charge in [-0.15, -0.1) is 0 Å². The minimum Gasteiger partial charge on any atom is -0.480 e. The van der Waals surface area contributed by atoms with Crippen LogP contribution in [0.2, 0.25) is 0 Å². The average molecular weight is 304 g/mol. The van der Waals surface area contributed by atoms with Crippen molar-refractivity contribution in [1.82, 2.24) is 4.90 Å². The van der Waals surface area contributed by atoms with Gasteiger partial charge in [0, 0.05) is 12.1 Å². The van der Waals surface area contributed by atoms with Crippen LogP contribution in [0.3, 0.4) is 0 Å². The quantitative estimate of drug-likeness (QED) is 0.887. The SMILES string of the molecule is NC1(C(=O)O)CC2CCC(C1)N2C(=O)OCc1ccccc1. The molecule has 2 fully saturated rings. The monoisotopic (exact) mass is 304 g/mol. The standard InChI is InChI=1S/C16H20N2O4/c17-16(14(19)20)8-12-6-7-13(9-16)18(12)15(21)22-10-11-4-2-1-3-5-11/h1-5,12-13H,6-10,17H2,(H,19,20). The van der Waals surface area contributed by atoms with Crippen molar-refractivity contribution in [3.63, 3.8) is 0 Å². The molecule has 3 rings (SSSR count). The van der Waals surface area contributed by atoms with Gasteiger partial charge in [0.2, 0.25) is 0 Å². The molecule has 6 heteroatoms. The molecule has 3 N–H and O–H groups in total. The maximum absolute atomic E-state index is 12.3. The molecule has 2 saturated heterocycles. The van der Waals surface area contributed by atoms with E-state index in [1.54, 1.807) is 4.90 Å². The van der Waals surface area contributed by atoms with Crippen LogP contribution in [0.15, 0.2) is 30.3 Å². The van der Waals surface area contributed by atoms with Gasteiger partial charge in [0.15, 0.2) is 0 Å². The Kier molecular flexibility index (Phi) is 3.78. The lowest BCUT2D eigenvalue weighted by Gasteiger charge is -2.41. The Hall–Kier alpha value is -2.08. The minimum absolute atomic E-state index is 0.136. The van der Waals surface area contributed by atoms with E-state index in [4.69, 9.17) is 10.5 Å².